The number of aromatic amines is 1. The lowest BCUT2D eigenvalue weighted by Crippen LogP contribution is -2.31. The van der Waals surface area contributed by atoms with Crippen molar-refractivity contribution in [2.75, 3.05) is 7.11 Å². The second-order valence-corrected chi connectivity index (χ2v) is 6.55. The first-order valence-electron chi connectivity index (χ1n) is 8.56. The molecule has 1 aromatic heterocycles. The number of ether oxygens (including phenoxy) is 3. The van der Waals surface area contributed by atoms with Crippen LogP contribution in [-0.2, 0) is 18.4 Å². The van der Waals surface area contributed by atoms with Crippen molar-refractivity contribution in [3.63, 3.8) is 0 Å². The first kappa shape index (κ1) is 21.1. The molecule has 10 heteroatoms. The maximum Gasteiger partial charge on any atom is 0.514 e. The summed E-state index contributed by atoms with van der Waals surface area (Å²) in [6.07, 6.45) is -1.17. The topological polar surface area (TPSA) is 99.6 Å². The minimum atomic E-state index is -1.17. The van der Waals surface area contributed by atoms with Crippen LogP contribution in [0.1, 0.15) is 5.56 Å². The van der Waals surface area contributed by atoms with Crippen molar-refractivity contribution in [2.45, 2.75) is 6.61 Å². The fraction of sp³-hybridized carbons (Fsp3) is 0.150. The molecular formula is C20H16ClFN2O6. The van der Waals surface area contributed by atoms with Gasteiger partial charge < -0.3 is 14.2 Å². The Balaban J connectivity index is 1.95. The lowest BCUT2D eigenvalue weighted by molar-refractivity contribution is 0.118. The molecule has 0 aliphatic carbocycles. The first-order valence-corrected chi connectivity index (χ1v) is 8.94. The summed E-state index contributed by atoms with van der Waals surface area (Å²) < 4.78 is 30.5. The van der Waals surface area contributed by atoms with Crippen LogP contribution in [0, 0.1) is 5.82 Å². The second-order valence-electron chi connectivity index (χ2n) is 6.11. The Labute approximate surface area is 174 Å². The van der Waals surface area contributed by atoms with Gasteiger partial charge in [0.05, 0.1) is 7.11 Å². The maximum atomic E-state index is 14.8. The standard InChI is InChI=1S/C20H16ClFN2O6/c1-24-18(30-20(27)28-2)16(17(25)23-19(24)26)14-8-7-13(9-15(14)22)29-10-11-3-5-12(21)6-4-11/h3-9H,10H2,1-2H3,(H,23,25,26). The van der Waals surface area contributed by atoms with Crippen LogP contribution in [0.4, 0.5) is 9.18 Å². The van der Waals surface area contributed by atoms with E-state index in [0.717, 1.165) is 23.3 Å². The normalized spacial score (nSPS) is 10.5. The number of carbonyl (C=O) groups excluding carboxylic acids is 1. The minimum absolute atomic E-state index is 0.174. The number of rotatable bonds is 5. The third-order valence-corrected chi connectivity index (χ3v) is 4.40. The average molecular weight is 435 g/mol. The van der Waals surface area contributed by atoms with Gasteiger partial charge in [0, 0.05) is 23.7 Å². The fourth-order valence-electron chi connectivity index (χ4n) is 2.61. The molecule has 0 bridgehead atoms. The number of benzene rings is 2. The van der Waals surface area contributed by atoms with E-state index in [1.807, 2.05) is 4.98 Å². The SMILES string of the molecule is COC(=O)Oc1c(-c2ccc(OCc3ccc(Cl)cc3)cc2F)c(=O)[nH]c(=O)n1C. The van der Waals surface area contributed by atoms with Crippen LogP contribution in [0.2, 0.25) is 5.02 Å². The van der Waals surface area contributed by atoms with E-state index in [-0.39, 0.29) is 23.5 Å². The highest BCUT2D eigenvalue weighted by Crippen LogP contribution is 2.30. The van der Waals surface area contributed by atoms with Gasteiger partial charge in [-0.3, -0.25) is 14.3 Å². The molecule has 3 rings (SSSR count). The summed E-state index contributed by atoms with van der Waals surface area (Å²) >= 11 is 5.83. The van der Waals surface area contributed by atoms with Gasteiger partial charge in [-0.15, -0.1) is 0 Å². The number of methoxy groups -OCH3 is 1. The van der Waals surface area contributed by atoms with Crippen molar-refractivity contribution in [2.24, 2.45) is 7.05 Å². The van der Waals surface area contributed by atoms with Crippen molar-refractivity contribution in [3.8, 4) is 22.8 Å². The van der Waals surface area contributed by atoms with Crippen LogP contribution in [0.15, 0.2) is 52.1 Å². The van der Waals surface area contributed by atoms with Crippen LogP contribution in [-0.4, -0.2) is 22.8 Å². The molecule has 8 nitrogen and oxygen atoms in total. The molecule has 0 fully saturated rings. The highest BCUT2D eigenvalue weighted by molar-refractivity contribution is 6.30. The summed E-state index contributed by atoms with van der Waals surface area (Å²) in [5, 5.41) is 0.585. The molecule has 0 spiro atoms. The fourth-order valence-corrected chi connectivity index (χ4v) is 2.74. The Bertz CT molecular complexity index is 1200. The van der Waals surface area contributed by atoms with Crippen molar-refractivity contribution in [1.82, 2.24) is 9.55 Å². The molecule has 3 aromatic rings. The number of halogens is 2. The molecule has 0 radical (unpaired) electrons. The van der Waals surface area contributed by atoms with E-state index in [1.165, 1.54) is 19.2 Å². The second kappa shape index (κ2) is 8.83. The van der Waals surface area contributed by atoms with E-state index >= 15 is 0 Å². The van der Waals surface area contributed by atoms with Crippen molar-refractivity contribution in [1.29, 1.82) is 0 Å². The van der Waals surface area contributed by atoms with E-state index in [2.05, 4.69) is 4.74 Å². The summed E-state index contributed by atoms with van der Waals surface area (Å²) in [6, 6.07) is 10.8. The Kier molecular flexibility index (Phi) is 6.22. The molecule has 0 saturated heterocycles. The lowest BCUT2D eigenvalue weighted by atomic mass is 10.1. The van der Waals surface area contributed by atoms with Gasteiger partial charge >= 0.3 is 11.8 Å². The predicted molar refractivity (Wildman–Crippen MR) is 107 cm³/mol. The summed E-state index contributed by atoms with van der Waals surface area (Å²) in [7, 11) is 2.31. The van der Waals surface area contributed by atoms with Gasteiger partial charge in [0.25, 0.3) is 5.56 Å². The molecule has 0 amide bonds. The van der Waals surface area contributed by atoms with E-state index in [1.54, 1.807) is 24.3 Å². The zero-order valence-corrected chi connectivity index (χ0v) is 16.7. The Hall–Kier alpha value is -3.59. The lowest BCUT2D eigenvalue weighted by Gasteiger charge is -2.13. The molecule has 0 aliphatic rings. The smallest absolute Gasteiger partial charge is 0.489 e. The van der Waals surface area contributed by atoms with Crippen LogP contribution in [0.5, 0.6) is 11.6 Å². The van der Waals surface area contributed by atoms with E-state index in [9.17, 15) is 18.8 Å². The third kappa shape index (κ3) is 4.52. The van der Waals surface area contributed by atoms with Gasteiger partial charge in [-0.2, -0.15) is 0 Å². The first-order chi connectivity index (χ1) is 14.3. The van der Waals surface area contributed by atoms with Crippen LogP contribution < -0.4 is 20.7 Å². The minimum Gasteiger partial charge on any atom is -0.489 e. The molecule has 0 atom stereocenters. The van der Waals surface area contributed by atoms with E-state index in [4.69, 9.17) is 21.1 Å². The zero-order chi connectivity index (χ0) is 21.8. The molecule has 0 unspecified atom stereocenters. The molecule has 0 saturated carbocycles. The van der Waals surface area contributed by atoms with Gasteiger partial charge in [0.15, 0.2) is 0 Å². The van der Waals surface area contributed by atoms with Crippen LogP contribution in [0.25, 0.3) is 11.1 Å². The van der Waals surface area contributed by atoms with Crippen LogP contribution in [0.3, 0.4) is 0 Å². The molecule has 1 N–H and O–H groups in total. The van der Waals surface area contributed by atoms with Gasteiger partial charge in [-0.25, -0.2) is 14.0 Å². The largest absolute Gasteiger partial charge is 0.514 e. The number of H-pyrrole nitrogens is 1. The van der Waals surface area contributed by atoms with E-state index < -0.39 is 29.1 Å². The molecule has 1 heterocycles. The number of nitrogens with zero attached hydrogens (tertiary/aromatic N) is 1. The highest BCUT2D eigenvalue weighted by atomic mass is 35.5. The Morgan fingerprint density at radius 1 is 1.17 bits per heavy atom. The number of hydrogen-bond acceptors (Lipinski definition) is 6. The third-order valence-electron chi connectivity index (χ3n) is 4.15. The summed E-state index contributed by atoms with van der Waals surface area (Å²) in [5.74, 6) is -1.06. The van der Waals surface area contributed by atoms with Gasteiger partial charge in [-0.1, -0.05) is 23.7 Å². The van der Waals surface area contributed by atoms with Crippen molar-refractivity contribution < 1.29 is 23.4 Å². The summed E-state index contributed by atoms with van der Waals surface area (Å²) in [4.78, 5) is 37.8. The van der Waals surface area contributed by atoms with Crippen molar-refractivity contribution >= 4 is 17.8 Å². The number of aromatic nitrogens is 2. The molecule has 156 valence electrons. The van der Waals surface area contributed by atoms with E-state index in [0.29, 0.717) is 5.02 Å². The predicted octanol–water partition coefficient (Wildman–Crippen LogP) is 3.26. The van der Waals surface area contributed by atoms with Crippen molar-refractivity contribution in [3.05, 3.63) is 79.7 Å². The summed E-state index contributed by atoms with van der Waals surface area (Å²) in [6.45, 7) is 0.174. The quantitative estimate of drug-likeness (QED) is 0.619. The highest BCUT2D eigenvalue weighted by Gasteiger charge is 2.22. The average Bonchev–Trinajstić information content (AvgIpc) is 2.72. The molecule has 2 aromatic carbocycles. The number of nitrogens with one attached hydrogen (secondary N) is 1. The van der Waals surface area contributed by atoms with Gasteiger partial charge in [0.1, 0.15) is 23.7 Å². The number of carbonyl (C=O) groups is 1. The summed E-state index contributed by atoms with van der Waals surface area (Å²) in [5.41, 5.74) is -1.47. The van der Waals surface area contributed by atoms with Gasteiger partial charge in [-0.05, 0) is 29.8 Å². The van der Waals surface area contributed by atoms with Crippen LogP contribution >= 0.6 is 11.6 Å². The zero-order valence-electron chi connectivity index (χ0n) is 15.9. The Morgan fingerprint density at radius 3 is 2.50 bits per heavy atom. The molecule has 0 aliphatic heterocycles. The Morgan fingerprint density at radius 2 is 1.87 bits per heavy atom. The maximum absolute atomic E-state index is 14.8. The van der Waals surface area contributed by atoms with Gasteiger partial charge in [0.2, 0.25) is 5.88 Å². The monoisotopic (exact) mass is 434 g/mol. The number of hydrogen-bond donors (Lipinski definition) is 1. The molecular weight excluding hydrogens is 419 g/mol. The molecule has 30 heavy (non-hydrogen) atoms.